The molecule has 1 aromatic heterocycles. The smallest absolute Gasteiger partial charge is 0.259 e. The molecule has 1 heterocycles. The highest BCUT2D eigenvalue weighted by Crippen LogP contribution is 2.21. The lowest BCUT2D eigenvalue weighted by atomic mass is 10.1. The molecule has 0 radical (unpaired) electrons. The largest absolute Gasteiger partial charge is 0.496 e. The van der Waals surface area contributed by atoms with Crippen molar-refractivity contribution in [3.8, 4) is 5.75 Å². The Balaban J connectivity index is 1.60. The van der Waals surface area contributed by atoms with Gasteiger partial charge in [-0.2, -0.15) is 0 Å². The summed E-state index contributed by atoms with van der Waals surface area (Å²) in [5.74, 6) is 0.369. The van der Waals surface area contributed by atoms with Gasteiger partial charge in [0.2, 0.25) is 0 Å². The second-order valence-electron chi connectivity index (χ2n) is 6.23. The molecule has 3 aromatic rings. The number of nitrogens with zero attached hydrogens (tertiary/aromatic N) is 2. The molecular formula is C22H23N3O2. The number of rotatable bonds is 7. The van der Waals surface area contributed by atoms with Crippen LogP contribution in [0.5, 0.6) is 5.75 Å². The van der Waals surface area contributed by atoms with Gasteiger partial charge in [0.15, 0.2) is 0 Å². The fourth-order valence-corrected chi connectivity index (χ4v) is 2.81. The minimum atomic E-state index is -0.189. The van der Waals surface area contributed by atoms with Gasteiger partial charge < -0.3 is 15.0 Å². The maximum Gasteiger partial charge on any atom is 0.259 e. The van der Waals surface area contributed by atoms with Crippen LogP contribution >= 0.6 is 0 Å². The second kappa shape index (κ2) is 8.85. The van der Waals surface area contributed by atoms with Crippen LogP contribution in [-0.4, -0.2) is 31.6 Å². The molecule has 5 nitrogen and oxygen atoms in total. The number of likely N-dealkylation sites (N-methyl/N-ethyl adjacent to an activating group) is 1. The summed E-state index contributed by atoms with van der Waals surface area (Å²) in [6, 6.07) is 19.1. The molecule has 27 heavy (non-hydrogen) atoms. The summed E-state index contributed by atoms with van der Waals surface area (Å²) >= 11 is 0. The van der Waals surface area contributed by atoms with Gasteiger partial charge >= 0.3 is 0 Å². The summed E-state index contributed by atoms with van der Waals surface area (Å²) in [4.78, 5) is 18.7. The Hall–Kier alpha value is -3.34. The Kier molecular flexibility index (Phi) is 6.05. The molecule has 138 valence electrons. The Morgan fingerprint density at radius 1 is 1.04 bits per heavy atom. The molecule has 0 bridgehead atoms. The van der Waals surface area contributed by atoms with Crippen LogP contribution in [0.3, 0.4) is 0 Å². The van der Waals surface area contributed by atoms with Crippen LogP contribution in [0.4, 0.5) is 11.4 Å². The first-order valence-corrected chi connectivity index (χ1v) is 8.82. The summed E-state index contributed by atoms with van der Waals surface area (Å²) in [5.41, 5.74) is 3.62. The fraction of sp³-hybridized carbons (Fsp3) is 0.182. The number of para-hydroxylation sites is 1. The summed E-state index contributed by atoms with van der Waals surface area (Å²) in [6.07, 6.45) is 4.58. The van der Waals surface area contributed by atoms with E-state index >= 15 is 0 Å². The molecule has 0 fully saturated rings. The molecule has 0 aliphatic rings. The summed E-state index contributed by atoms with van der Waals surface area (Å²) in [6.45, 7) is 0.900. The van der Waals surface area contributed by atoms with Gasteiger partial charge in [0.05, 0.1) is 12.7 Å². The Labute approximate surface area is 159 Å². The van der Waals surface area contributed by atoms with Crippen molar-refractivity contribution in [2.45, 2.75) is 6.42 Å². The molecule has 2 aromatic carbocycles. The highest BCUT2D eigenvalue weighted by Gasteiger charge is 2.11. The van der Waals surface area contributed by atoms with Crippen LogP contribution in [-0.2, 0) is 6.42 Å². The number of benzene rings is 2. The van der Waals surface area contributed by atoms with Crippen molar-refractivity contribution in [3.05, 3.63) is 84.2 Å². The predicted octanol–water partition coefficient (Wildman–Crippen LogP) is 4.02. The standard InChI is InChI=1S/C22H23N3O2/c1-25(16-13-17-11-14-23-15-12-17)19-9-7-18(8-10-19)24-22(26)20-5-3-4-6-21(20)27-2/h3-12,14-15H,13,16H2,1-2H3,(H,24,26). The van der Waals surface area contributed by atoms with Crippen molar-refractivity contribution in [2.24, 2.45) is 0 Å². The molecule has 0 atom stereocenters. The number of aromatic nitrogens is 1. The third-order valence-corrected chi connectivity index (χ3v) is 4.40. The maximum atomic E-state index is 12.5. The second-order valence-corrected chi connectivity index (χ2v) is 6.23. The van der Waals surface area contributed by atoms with Crippen molar-refractivity contribution >= 4 is 17.3 Å². The Morgan fingerprint density at radius 3 is 2.44 bits per heavy atom. The van der Waals surface area contributed by atoms with Gasteiger partial charge in [0.25, 0.3) is 5.91 Å². The lowest BCUT2D eigenvalue weighted by Gasteiger charge is -2.19. The van der Waals surface area contributed by atoms with Crippen LogP contribution < -0.4 is 15.0 Å². The van der Waals surface area contributed by atoms with E-state index in [1.807, 2.05) is 60.9 Å². The molecule has 3 rings (SSSR count). The van der Waals surface area contributed by atoms with Crippen molar-refractivity contribution < 1.29 is 9.53 Å². The fourth-order valence-electron chi connectivity index (χ4n) is 2.81. The molecule has 1 amide bonds. The van der Waals surface area contributed by atoms with E-state index in [9.17, 15) is 4.79 Å². The quantitative estimate of drug-likeness (QED) is 0.690. The van der Waals surface area contributed by atoms with Crippen molar-refractivity contribution in [1.82, 2.24) is 4.98 Å². The molecule has 0 spiro atoms. The summed E-state index contributed by atoms with van der Waals surface area (Å²) in [5, 5.41) is 2.91. The Morgan fingerprint density at radius 2 is 1.74 bits per heavy atom. The van der Waals surface area contributed by atoms with E-state index in [2.05, 4.69) is 22.2 Å². The third-order valence-electron chi connectivity index (χ3n) is 4.40. The SMILES string of the molecule is COc1ccccc1C(=O)Nc1ccc(N(C)CCc2ccncc2)cc1. The number of methoxy groups -OCH3 is 1. The monoisotopic (exact) mass is 361 g/mol. The van der Waals surface area contributed by atoms with E-state index in [0.29, 0.717) is 11.3 Å². The topological polar surface area (TPSA) is 54.5 Å². The number of hydrogen-bond acceptors (Lipinski definition) is 4. The van der Waals surface area contributed by atoms with Crippen LogP contribution in [0.2, 0.25) is 0 Å². The number of carbonyl (C=O) groups excluding carboxylic acids is 1. The van der Waals surface area contributed by atoms with Crippen LogP contribution in [0.25, 0.3) is 0 Å². The van der Waals surface area contributed by atoms with E-state index in [-0.39, 0.29) is 5.91 Å². The van der Waals surface area contributed by atoms with Crippen molar-refractivity contribution in [1.29, 1.82) is 0 Å². The van der Waals surface area contributed by atoms with Crippen molar-refractivity contribution in [3.63, 3.8) is 0 Å². The van der Waals surface area contributed by atoms with Gasteiger partial charge in [-0.25, -0.2) is 0 Å². The van der Waals surface area contributed by atoms with Gasteiger partial charge in [-0.05, 0) is 60.5 Å². The van der Waals surface area contributed by atoms with Crippen LogP contribution in [0.1, 0.15) is 15.9 Å². The van der Waals surface area contributed by atoms with Crippen molar-refractivity contribution in [2.75, 3.05) is 30.9 Å². The average Bonchev–Trinajstić information content (AvgIpc) is 2.73. The predicted molar refractivity (Wildman–Crippen MR) is 109 cm³/mol. The lowest BCUT2D eigenvalue weighted by molar-refractivity contribution is 0.102. The summed E-state index contributed by atoms with van der Waals surface area (Å²) in [7, 11) is 3.62. The van der Waals surface area contributed by atoms with Crippen LogP contribution in [0, 0.1) is 0 Å². The third kappa shape index (κ3) is 4.85. The minimum Gasteiger partial charge on any atom is -0.496 e. The number of hydrogen-bond donors (Lipinski definition) is 1. The molecule has 1 N–H and O–H groups in total. The maximum absolute atomic E-state index is 12.5. The first-order chi connectivity index (χ1) is 13.2. The number of carbonyl (C=O) groups is 1. The minimum absolute atomic E-state index is 0.189. The number of nitrogens with one attached hydrogen (secondary N) is 1. The number of ether oxygens (including phenoxy) is 1. The van der Waals surface area contributed by atoms with Crippen LogP contribution in [0.15, 0.2) is 73.1 Å². The summed E-state index contributed by atoms with van der Waals surface area (Å²) < 4.78 is 5.25. The molecular weight excluding hydrogens is 338 g/mol. The molecule has 0 aliphatic heterocycles. The first-order valence-electron chi connectivity index (χ1n) is 8.82. The molecule has 0 unspecified atom stereocenters. The van der Waals surface area contributed by atoms with E-state index in [1.165, 1.54) is 5.56 Å². The number of pyridine rings is 1. The zero-order valence-corrected chi connectivity index (χ0v) is 15.6. The van der Waals surface area contributed by atoms with Gasteiger partial charge in [-0.15, -0.1) is 0 Å². The van der Waals surface area contributed by atoms with Gasteiger partial charge in [0, 0.05) is 37.4 Å². The zero-order valence-electron chi connectivity index (χ0n) is 15.6. The molecule has 0 saturated carbocycles. The highest BCUT2D eigenvalue weighted by molar-refractivity contribution is 6.06. The Bertz CT molecular complexity index is 880. The normalized spacial score (nSPS) is 10.3. The van der Waals surface area contributed by atoms with Gasteiger partial charge in [0.1, 0.15) is 5.75 Å². The van der Waals surface area contributed by atoms with E-state index in [1.54, 1.807) is 19.2 Å². The van der Waals surface area contributed by atoms with E-state index in [4.69, 9.17) is 4.74 Å². The number of amides is 1. The van der Waals surface area contributed by atoms with Gasteiger partial charge in [-0.1, -0.05) is 12.1 Å². The average molecular weight is 361 g/mol. The van der Waals surface area contributed by atoms with E-state index in [0.717, 1.165) is 24.3 Å². The number of anilines is 2. The first kappa shape index (κ1) is 18.5. The van der Waals surface area contributed by atoms with Gasteiger partial charge in [-0.3, -0.25) is 9.78 Å². The zero-order chi connectivity index (χ0) is 19.1. The molecule has 5 heteroatoms. The molecule has 0 aliphatic carbocycles. The van der Waals surface area contributed by atoms with E-state index < -0.39 is 0 Å². The molecule has 0 saturated heterocycles. The highest BCUT2D eigenvalue weighted by atomic mass is 16.5. The lowest BCUT2D eigenvalue weighted by Crippen LogP contribution is -2.20.